The number of thiol groups is 1. The summed E-state index contributed by atoms with van der Waals surface area (Å²) in [5.74, 6) is 0.202. The number of nitrogen functional groups attached to an aromatic ring is 1. The van der Waals surface area contributed by atoms with E-state index < -0.39 is 28.7 Å². The highest BCUT2D eigenvalue weighted by molar-refractivity contribution is 7.83. The molecular weight excluding hydrogens is 378 g/mol. The topological polar surface area (TPSA) is 119 Å². The molecule has 1 aliphatic heterocycles. The van der Waals surface area contributed by atoms with E-state index >= 15 is 0 Å². The van der Waals surface area contributed by atoms with Gasteiger partial charge in [0.05, 0.1) is 12.9 Å². The van der Waals surface area contributed by atoms with Gasteiger partial charge in [-0.3, -0.25) is 4.57 Å². The molecule has 3 aromatic rings. The first-order chi connectivity index (χ1) is 12.4. The summed E-state index contributed by atoms with van der Waals surface area (Å²) in [5, 5.41) is 20.3. The second kappa shape index (κ2) is 6.07. The molecule has 0 radical (unpaired) electrons. The molecule has 0 spiro atoms. The number of ether oxygens (including phenoxy) is 1. The van der Waals surface area contributed by atoms with Gasteiger partial charge in [-0.25, -0.2) is 15.0 Å². The number of hydrogen-bond acceptors (Lipinski definition) is 8. The van der Waals surface area contributed by atoms with Crippen LogP contribution in [0.3, 0.4) is 0 Å². The zero-order chi connectivity index (χ0) is 18.5. The van der Waals surface area contributed by atoms with E-state index in [0.29, 0.717) is 16.7 Å². The SMILES string of the molecule is Nc1ncnc2c1ncn2[C@]1(c2ccccc2)O[C@H](CO)[C@@H](O)[C@]1(S)Cl. The highest BCUT2D eigenvalue weighted by atomic mass is 35.5. The first kappa shape index (κ1) is 17.5. The van der Waals surface area contributed by atoms with Crippen molar-refractivity contribution in [1.29, 1.82) is 0 Å². The number of benzene rings is 1. The van der Waals surface area contributed by atoms with Crippen molar-refractivity contribution < 1.29 is 14.9 Å². The largest absolute Gasteiger partial charge is 0.394 e. The molecule has 4 N–H and O–H groups in total. The third-order valence-electron chi connectivity index (χ3n) is 4.59. The summed E-state index contributed by atoms with van der Waals surface area (Å²) in [6.45, 7) is -0.436. The Morgan fingerprint density at radius 1 is 1.27 bits per heavy atom. The van der Waals surface area contributed by atoms with Crippen molar-refractivity contribution in [2.75, 3.05) is 12.3 Å². The number of imidazole rings is 1. The molecule has 1 aliphatic rings. The third-order valence-corrected chi connectivity index (χ3v) is 5.63. The maximum absolute atomic E-state index is 10.7. The average Bonchev–Trinajstić information content (AvgIpc) is 3.16. The third kappa shape index (κ3) is 2.18. The van der Waals surface area contributed by atoms with Gasteiger partial charge < -0.3 is 20.7 Å². The number of anilines is 1. The van der Waals surface area contributed by atoms with E-state index in [1.54, 1.807) is 16.7 Å². The van der Waals surface area contributed by atoms with E-state index in [4.69, 9.17) is 22.1 Å². The number of fused-ring (bicyclic) bond motifs is 1. The van der Waals surface area contributed by atoms with Gasteiger partial charge in [-0.1, -0.05) is 41.9 Å². The first-order valence-corrected chi connectivity index (χ1v) is 8.63. The fourth-order valence-corrected chi connectivity index (χ4v) is 4.17. The fraction of sp³-hybridized carbons (Fsp3) is 0.312. The quantitative estimate of drug-likeness (QED) is 0.382. The molecule has 136 valence electrons. The van der Waals surface area contributed by atoms with E-state index in [9.17, 15) is 10.2 Å². The average molecular weight is 394 g/mol. The van der Waals surface area contributed by atoms with Gasteiger partial charge in [0.2, 0.25) is 5.72 Å². The van der Waals surface area contributed by atoms with Gasteiger partial charge in [-0.2, -0.15) is 0 Å². The normalized spacial score (nSPS) is 31.5. The molecule has 0 aliphatic carbocycles. The predicted octanol–water partition coefficient (Wildman–Crippen LogP) is 0.726. The summed E-state index contributed by atoms with van der Waals surface area (Å²) in [5.41, 5.74) is 5.73. The van der Waals surface area contributed by atoms with Gasteiger partial charge in [0.15, 0.2) is 15.7 Å². The Morgan fingerprint density at radius 2 is 2.00 bits per heavy atom. The van der Waals surface area contributed by atoms with Crippen LogP contribution in [0.4, 0.5) is 5.82 Å². The Morgan fingerprint density at radius 3 is 2.65 bits per heavy atom. The summed E-state index contributed by atoms with van der Waals surface area (Å²) in [7, 11) is 0. The highest BCUT2D eigenvalue weighted by Crippen LogP contribution is 2.54. The molecule has 0 bridgehead atoms. The number of alkyl halides is 1. The summed E-state index contributed by atoms with van der Waals surface area (Å²) < 4.78 is 6.05. The minimum Gasteiger partial charge on any atom is -0.394 e. The van der Waals surface area contributed by atoms with E-state index in [-0.39, 0.29) is 5.82 Å². The molecular formula is C16H16ClN5O3S. The molecule has 1 aromatic carbocycles. The van der Waals surface area contributed by atoms with Crippen molar-refractivity contribution >= 4 is 41.2 Å². The van der Waals surface area contributed by atoms with Gasteiger partial charge in [0.1, 0.15) is 24.1 Å². The number of nitrogens with zero attached hydrogens (tertiary/aromatic N) is 4. The number of hydrogen-bond donors (Lipinski definition) is 4. The monoisotopic (exact) mass is 393 g/mol. The van der Waals surface area contributed by atoms with E-state index in [2.05, 4.69) is 27.6 Å². The molecule has 2 aromatic heterocycles. The highest BCUT2D eigenvalue weighted by Gasteiger charge is 2.66. The Kier molecular flexibility index (Phi) is 4.08. The van der Waals surface area contributed by atoms with Crippen LogP contribution in [0.2, 0.25) is 0 Å². The lowest BCUT2D eigenvalue weighted by Gasteiger charge is -2.39. The smallest absolute Gasteiger partial charge is 0.205 e. The van der Waals surface area contributed by atoms with Crippen LogP contribution in [-0.4, -0.2) is 52.8 Å². The zero-order valence-corrected chi connectivity index (χ0v) is 15.0. The molecule has 0 saturated carbocycles. The first-order valence-electron chi connectivity index (χ1n) is 7.81. The lowest BCUT2D eigenvalue weighted by Crippen LogP contribution is -2.50. The second-order valence-corrected chi connectivity index (χ2v) is 7.58. The Labute approximate surface area is 159 Å². The molecule has 1 saturated heterocycles. The number of aliphatic hydroxyl groups excluding tert-OH is 2. The lowest BCUT2D eigenvalue weighted by molar-refractivity contribution is -0.0906. The Bertz CT molecular complexity index is 953. The van der Waals surface area contributed by atoms with Crippen LogP contribution < -0.4 is 5.73 Å². The summed E-state index contributed by atoms with van der Waals surface area (Å²) >= 11 is 11.3. The Balaban J connectivity index is 2.06. The summed E-state index contributed by atoms with van der Waals surface area (Å²) in [6.07, 6.45) is 0.539. The van der Waals surface area contributed by atoms with E-state index in [1.165, 1.54) is 12.7 Å². The van der Waals surface area contributed by atoms with Crippen LogP contribution in [0.15, 0.2) is 43.0 Å². The predicted molar refractivity (Wildman–Crippen MR) is 98.8 cm³/mol. The van der Waals surface area contributed by atoms with Gasteiger partial charge in [-0.05, 0) is 0 Å². The molecule has 4 rings (SSSR count). The van der Waals surface area contributed by atoms with Crippen molar-refractivity contribution in [1.82, 2.24) is 19.5 Å². The number of rotatable bonds is 3. The number of aromatic nitrogens is 4. The van der Waals surface area contributed by atoms with E-state index in [1.807, 2.05) is 18.2 Å². The Hall–Kier alpha value is -1.91. The van der Waals surface area contributed by atoms with Crippen LogP contribution in [0, 0.1) is 0 Å². The molecule has 0 unspecified atom stereocenters. The van der Waals surface area contributed by atoms with Crippen LogP contribution in [0.25, 0.3) is 11.2 Å². The van der Waals surface area contributed by atoms with Crippen LogP contribution in [-0.2, 0) is 10.5 Å². The van der Waals surface area contributed by atoms with Crippen LogP contribution in [0.1, 0.15) is 5.56 Å². The van der Waals surface area contributed by atoms with Crippen molar-refractivity contribution in [2.45, 2.75) is 22.1 Å². The van der Waals surface area contributed by atoms with E-state index in [0.717, 1.165) is 0 Å². The molecule has 10 heteroatoms. The maximum Gasteiger partial charge on any atom is 0.205 e. The van der Waals surface area contributed by atoms with Crippen molar-refractivity contribution in [3.63, 3.8) is 0 Å². The van der Waals surface area contributed by atoms with Crippen LogP contribution in [0.5, 0.6) is 0 Å². The number of aliphatic hydroxyl groups is 2. The van der Waals surface area contributed by atoms with Gasteiger partial charge >= 0.3 is 0 Å². The molecule has 4 atom stereocenters. The molecule has 8 nitrogen and oxygen atoms in total. The number of halogens is 1. The fourth-order valence-electron chi connectivity index (χ4n) is 3.33. The second-order valence-electron chi connectivity index (χ2n) is 6.01. The summed E-state index contributed by atoms with van der Waals surface area (Å²) in [6, 6.07) is 9.03. The molecule has 1 fully saturated rings. The van der Waals surface area contributed by atoms with Crippen molar-refractivity contribution in [2.24, 2.45) is 0 Å². The minimum atomic E-state index is -1.63. The lowest BCUT2D eigenvalue weighted by atomic mass is 9.96. The molecule has 0 amide bonds. The maximum atomic E-state index is 10.7. The number of nitrogens with two attached hydrogens (primary N) is 1. The molecule has 3 heterocycles. The zero-order valence-electron chi connectivity index (χ0n) is 13.4. The van der Waals surface area contributed by atoms with Gasteiger partial charge in [0, 0.05) is 5.56 Å². The molecule has 26 heavy (non-hydrogen) atoms. The van der Waals surface area contributed by atoms with Crippen molar-refractivity contribution in [3.8, 4) is 0 Å². The van der Waals surface area contributed by atoms with Gasteiger partial charge in [-0.15, -0.1) is 12.6 Å². The van der Waals surface area contributed by atoms with Crippen LogP contribution >= 0.6 is 24.2 Å². The summed E-state index contributed by atoms with van der Waals surface area (Å²) in [4.78, 5) is 12.5. The standard InChI is InChI=1S/C16H16ClN5O3S/c17-15(26)12(24)10(6-23)25-16(15,9-4-2-1-3-5-9)22-8-21-11-13(18)19-7-20-14(11)22/h1-5,7-8,10,12,23-24,26H,6H2,(H2,18,19,20)/t10-,12-,15-,16-/m1/s1. The van der Waals surface area contributed by atoms with Crippen molar-refractivity contribution in [3.05, 3.63) is 48.5 Å². The van der Waals surface area contributed by atoms with Gasteiger partial charge in [0.25, 0.3) is 0 Å². The minimum absolute atomic E-state index is 0.202.